The second-order valence-electron chi connectivity index (χ2n) is 9.19. The number of likely N-dealkylation sites (tertiary alicyclic amines) is 1. The van der Waals surface area contributed by atoms with Crippen molar-refractivity contribution >= 4 is 36.0 Å². The van der Waals surface area contributed by atoms with E-state index in [-0.39, 0.29) is 30.1 Å². The predicted molar refractivity (Wildman–Crippen MR) is 138 cm³/mol. The number of carbonyl (C=O) groups excluding carboxylic acids is 1. The number of piperazine rings is 1. The van der Waals surface area contributed by atoms with Crippen molar-refractivity contribution < 1.29 is 19.0 Å². The Morgan fingerprint density at radius 1 is 1.03 bits per heavy atom. The molecule has 0 aromatic carbocycles. The molecule has 0 saturated carbocycles. The first-order valence-electron chi connectivity index (χ1n) is 11.6. The third-order valence-corrected chi connectivity index (χ3v) is 5.53. The van der Waals surface area contributed by atoms with Gasteiger partial charge in [0.25, 0.3) is 0 Å². The van der Waals surface area contributed by atoms with E-state index in [1.165, 1.54) is 0 Å². The molecule has 10 heteroatoms. The Balaban J connectivity index is 0.00000512. The number of halogens is 1. The molecule has 2 fully saturated rings. The number of guanidine groups is 1. The first kappa shape index (κ1) is 29.2. The van der Waals surface area contributed by atoms with Gasteiger partial charge in [0.2, 0.25) is 0 Å². The molecule has 0 aromatic heterocycles. The molecule has 9 nitrogen and oxygen atoms in total. The molecule has 1 N–H and O–H groups in total. The predicted octanol–water partition coefficient (Wildman–Crippen LogP) is 2.25. The molecule has 0 aromatic rings. The zero-order valence-electron chi connectivity index (χ0n) is 20.6. The summed E-state index contributed by atoms with van der Waals surface area (Å²) in [6, 6.07) is 0. The number of piperidine rings is 1. The van der Waals surface area contributed by atoms with Crippen LogP contribution in [-0.2, 0) is 14.2 Å². The monoisotopic (exact) mass is 569 g/mol. The summed E-state index contributed by atoms with van der Waals surface area (Å²) < 4.78 is 16.5. The van der Waals surface area contributed by atoms with E-state index in [0.29, 0.717) is 19.2 Å². The van der Waals surface area contributed by atoms with E-state index in [9.17, 15) is 4.79 Å². The Morgan fingerprint density at radius 3 is 2.25 bits per heavy atom. The van der Waals surface area contributed by atoms with Gasteiger partial charge in [0.05, 0.1) is 6.10 Å². The van der Waals surface area contributed by atoms with Gasteiger partial charge in [0.1, 0.15) is 5.60 Å². The molecular weight excluding hydrogens is 525 g/mol. The van der Waals surface area contributed by atoms with Gasteiger partial charge in [-0.05, 0) is 40.0 Å². The molecule has 0 spiro atoms. The molecule has 2 aliphatic rings. The number of ether oxygens (including phenoxy) is 3. The zero-order valence-corrected chi connectivity index (χ0v) is 22.9. The molecule has 0 unspecified atom stereocenters. The summed E-state index contributed by atoms with van der Waals surface area (Å²) in [7, 11) is 3.57. The quantitative estimate of drug-likeness (QED) is 0.208. The van der Waals surface area contributed by atoms with Crippen LogP contribution in [0.3, 0.4) is 0 Å². The van der Waals surface area contributed by atoms with E-state index < -0.39 is 5.60 Å². The first-order chi connectivity index (χ1) is 14.8. The highest BCUT2D eigenvalue weighted by Gasteiger charge is 2.26. The molecule has 0 atom stereocenters. The van der Waals surface area contributed by atoms with Gasteiger partial charge in [-0.2, -0.15) is 0 Å². The highest BCUT2D eigenvalue weighted by Crippen LogP contribution is 2.14. The number of rotatable bonds is 8. The average molecular weight is 570 g/mol. The van der Waals surface area contributed by atoms with Crippen LogP contribution in [0.25, 0.3) is 0 Å². The topological polar surface area (TPSA) is 78.9 Å². The smallest absolute Gasteiger partial charge is 0.410 e. The van der Waals surface area contributed by atoms with Crippen LogP contribution in [0, 0.1) is 0 Å². The summed E-state index contributed by atoms with van der Waals surface area (Å²) in [5.41, 5.74) is -0.446. The largest absolute Gasteiger partial charge is 0.444 e. The van der Waals surface area contributed by atoms with Crippen LogP contribution in [0.15, 0.2) is 4.99 Å². The summed E-state index contributed by atoms with van der Waals surface area (Å²) in [5, 5.41) is 3.50. The molecule has 2 rings (SSSR count). The van der Waals surface area contributed by atoms with Crippen molar-refractivity contribution in [2.45, 2.75) is 51.7 Å². The minimum Gasteiger partial charge on any atom is -0.444 e. The van der Waals surface area contributed by atoms with E-state index in [1.807, 2.05) is 27.8 Å². The summed E-state index contributed by atoms with van der Waals surface area (Å²) >= 11 is 0. The van der Waals surface area contributed by atoms with E-state index in [2.05, 4.69) is 20.1 Å². The second kappa shape index (κ2) is 15.1. The first-order valence-corrected chi connectivity index (χ1v) is 11.6. The molecule has 0 bridgehead atoms. The van der Waals surface area contributed by atoms with Gasteiger partial charge in [-0.15, -0.1) is 24.0 Å². The van der Waals surface area contributed by atoms with Crippen molar-refractivity contribution in [2.24, 2.45) is 4.99 Å². The lowest BCUT2D eigenvalue weighted by Crippen LogP contribution is -2.52. The van der Waals surface area contributed by atoms with Crippen molar-refractivity contribution in [3.63, 3.8) is 0 Å². The van der Waals surface area contributed by atoms with Crippen molar-refractivity contribution in [1.29, 1.82) is 0 Å². The van der Waals surface area contributed by atoms with Crippen LogP contribution in [0.5, 0.6) is 0 Å². The van der Waals surface area contributed by atoms with E-state index in [1.54, 1.807) is 12.0 Å². The third-order valence-electron chi connectivity index (χ3n) is 5.53. The molecule has 188 valence electrons. The van der Waals surface area contributed by atoms with Crippen molar-refractivity contribution in [3.8, 4) is 0 Å². The summed E-state index contributed by atoms with van der Waals surface area (Å²) in [4.78, 5) is 23.1. The number of nitrogens with zero attached hydrogens (tertiary/aromatic N) is 4. The van der Waals surface area contributed by atoms with E-state index >= 15 is 0 Å². The fourth-order valence-corrected chi connectivity index (χ4v) is 3.83. The second-order valence-corrected chi connectivity index (χ2v) is 9.19. The van der Waals surface area contributed by atoms with Crippen molar-refractivity contribution in [3.05, 3.63) is 0 Å². The minimum absolute atomic E-state index is 0. The lowest BCUT2D eigenvalue weighted by atomic mass is 10.1. The van der Waals surface area contributed by atoms with Gasteiger partial charge in [0.15, 0.2) is 5.96 Å². The maximum Gasteiger partial charge on any atom is 0.410 e. The van der Waals surface area contributed by atoms with Crippen molar-refractivity contribution in [2.75, 3.05) is 79.7 Å². The molecule has 2 heterocycles. The summed E-state index contributed by atoms with van der Waals surface area (Å²) in [5.74, 6) is 0.963. The van der Waals surface area contributed by atoms with Gasteiger partial charge in [-0.1, -0.05) is 0 Å². The van der Waals surface area contributed by atoms with Crippen LogP contribution in [-0.4, -0.2) is 118 Å². The average Bonchev–Trinajstić information content (AvgIpc) is 2.74. The van der Waals surface area contributed by atoms with E-state index in [4.69, 9.17) is 14.2 Å². The highest BCUT2D eigenvalue weighted by atomic mass is 127. The number of methoxy groups -OCH3 is 1. The number of hydrogen-bond acceptors (Lipinski definition) is 6. The minimum atomic E-state index is -0.446. The standard InChI is InChI=1S/C22H43N5O4.HI/c1-22(2,3)31-21(28)27-15-13-25(14-16-27)12-9-24-20(23-4)26-10-7-19(8-11-26)30-18-6-17-29-5;/h19H,6-18H2,1-5H3,(H,23,24);1H. The molecule has 0 aliphatic carbocycles. The normalized spacial score (nSPS) is 19.0. The molecule has 2 aliphatic heterocycles. The van der Waals surface area contributed by atoms with Gasteiger partial charge < -0.3 is 29.3 Å². The fraction of sp³-hybridized carbons (Fsp3) is 0.909. The van der Waals surface area contributed by atoms with E-state index in [0.717, 1.165) is 77.7 Å². The number of aliphatic imine (C=N–C) groups is 1. The Kier molecular flexibility index (Phi) is 13.8. The number of carbonyl (C=O) groups is 1. The summed E-state index contributed by atoms with van der Waals surface area (Å²) in [6.45, 7) is 14.1. The molecule has 0 radical (unpaired) electrons. The maximum absolute atomic E-state index is 12.2. The zero-order chi connectivity index (χ0) is 22.7. The van der Waals surface area contributed by atoms with Crippen LogP contribution < -0.4 is 5.32 Å². The van der Waals surface area contributed by atoms with Crippen LogP contribution >= 0.6 is 24.0 Å². The van der Waals surface area contributed by atoms with Gasteiger partial charge >= 0.3 is 6.09 Å². The molecule has 2 saturated heterocycles. The SMILES string of the molecule is CN=C(NCCN1CCN(C(=O)OC(C)(C)C)CC1)N1CCC(OCCCOC)CC1.I. The third kappa shape index (κ3) is 10.8. The van der Waals surface area contributed by atoms with Gasteiger partial charge in [-0.25, -0.2) is 4.79 Å². The fourth-order valence-electron chi connectivity index (χ4n) is 3.83. The van der Waals surface area contributed by atoms with Crippen LogP contribution in [0.2, 0.25) is 0 Å². The lowest BCUT2D eigenvalue weighted by Gasteiger charge is -2.36. The number of hydrogen-bond donors (Lipinski definition) is 1. The Morgan fingerprint density at radius 2 is 1.69 bits per heavy atom. The molecule has 32 heavy (non-hydrogen) atoms. The summed E-state index contributed by atoms with van der Waals surface area (Å²) in [6.07, 6.45) is 3.14. The lowest BCUT2D eigenvalue weighted by molar-refractivity contribution is 0.00988. The number of amides is 1. The molecular formula is C22H44IN5O4. The van der Waals surface area contributed by atoms with Crippen molar-refractivity contribution in [1.82, 2.24) is 20.0 Å². The van der Waals surface area contributed by atoms with Gasteiger partial charge in [-0.3, -0.25) is 9.89 Å². The Labute approximate surface area is 211 Å². The molecule has 1 amide bonds. The van der Waals surface area contributed by atoms with Crippen LogP contribution in [0.1, 0.15) is 40.0 Å². The Bertz CT molecular complexity index is 557. The maximum atomic E-state index is 12.2. The Hall–Kier alpha value is -0.850. The number of nitrogens with one attached hydrogen (secondary N) is 1. The van der Waals surface area contributed by atoms with Gasteiger partial charge in [0, 0.05) is 79.7 Å². The van der Waals surface area contributed by atoms with Crippen LogP contribution in [0.4, 0.5) is 4.79 Å². The highest BCUT2D eigenvalue weighted by molar-refractivity contribution is 14.0.